The molecule has 1 aliphatic heterocycles. The third-order valence-electron chi connectivity index (χ3n) is 4.51. The second kappa shape index (κ2) is 7.42. The number of benzene rings is 2. The number of aromatic nitrogens is 2. The highest BCUT2D eigenvalue weighted by Crippen LogP contribution is 2.36. The third kappa shape index (κ3) is 3.92. The van der Waals surface area contributed by atoms with Crippen LogP contribution >= 0.6 is 23.2 Å². The van der Waals surface area contributed by atoms with Crippen molar-refractivity contribution in [2.75, 3.05) is 10.6 Å². The number of hydrogen-bond acceptors (Lipinski definition) is 4. The lowest BCUT2D eigenvalue weighted by Crippen LogP contribution is -2.56. The smallest absolute Gasteiger partial charge is 0.279 e. The van der Waals surface area contributed by atoms with Gasteiger partial charge < -0.3 is 15.4 Å². The van der Waals surface area contributed by atoms with E-state index >= 15 is 0 Å². The van der Waals surface area contributed by atoms with Gasteiger partial charge in [-0.3, -0.25) is 14.3 Å². The van der Waals surface area contributed by atoms with E-state index < -0.39 is 17.4 Å². The number of ether oxygens (including phenoxy) is 1. The minimum Gasteiger partial charge on any atom is -0.466 e. The van der Waals surface area contributed by atoms with Gasteiger partial charge >= 0.3 is 0 Å². The SMILES string of the molecule is CC1(C(=O)Nc2ccn(Cc3ccc(Cl)cc3)n2)Oc2ccc(Cl)cc2NC1=O. The first-order valence-electron chi connectivity index (χ1n) is 8.73. The Kier molecular flexibility index (Phi) is 4.94. The van der Waals surface area contributed by atoms with E-state index in [1.54, 1.807) is 47.3 Å². The molecule has 1 atom stereocenters. The molecule has 1 aliphatic rings. The molecular formula is C20H16Cl2N4O3. The lowest BCUT2D eigenvalue weighted by molar-refractivity contribution is -0.143. The Bertz CT molecular complexity index is 1100. The Morgan fingerprint density at radius 3 is 2.66 bits per heavy atom. The van der Waals surface area contributed by atoms with Crippen LogP contribution in [0.25, 0.3) is 0 Å². The second-order valence-corrected chi connectivity index (χ2v) is 7.58. The highest BCUT2D eigenvalue weighted by molar-refractivity contribution is 6.31. The lowest BCUT2D eigenvalue weighted by atomic mass is 10.0. The van der Waals surface area contributed by atoms with Crippen molar-refractivity contribution in [3.8, 4) is 5.75 Å². The first-order chi connectivity index (χ1) is 13.8. The minimum atomic E-state index is -1.75. The normalized spacial score (nSPS) is 17.8. The molecule has 0 saturated carbocycles. The number of anilines is 2. The van der Waals surface area contributed by atoms with Gasteiger partial charge in [0, 0.05) is 22.3 Å². The van der Waals surface area contributed by atoms with Gasteiger partial charge in [-0.2, -0.15) is 5.10 Å². The summed E-state index contributed by atoms with van der Waals surface area (Å²) < 4.78 is 7.37. The van der Waals surface area contributed by atoms with Gasteiger partial charge in [0.1, 0.15) is 5.75 Å². The van der Waals surface area contributed by atoms with Crippen molar-refractivity contribution in [3.63, 3.8) is 0 Å². The monoisotopic (exact) mass is 430 g/mol. The van der Waals surface area contributed by atoms with Crippen LogP contribution < -0.4 is 15.4 Å². The zero-order valence-electron chi connectivity index (χ0n) is 15.3. The van der Waals surface area contributed by atoms with E-state index in [4.69, 9.17) is 27.9 Å². The van der Waals surface area contributed by atoms with Crippen LogP contribution in [0.1, 0.15) is 12.5 Å². The summed E-state index contributed by atoms with van der Waals surface area (Å²) in [6.45, 7) is 1.91. The van der Waals surface area contributed by atoms with Crippen LogP contribution in [-0.2, 0) is 16.1 Å². The van der Waals surface area contributed by atoms with Crippen molar-refractivity contribution in [3.05, 3.63) is 70.3 Å². The third-order valence-corrected chi connectivity index (χ3v) is 5.00. The molecule has 3 aromatic rings. The number of amides is 2. The topological polar surface area (TPSA) is 85.2 Å². The number of carbonyl (C=O) groups excluding carboxylic acids is 2. The molecule has 1 aromatic heterocycles. The summed E-state index contributed by atoms with van der Waals surface area (Å²) in [4.78, 5) is 25.3. The molecule has 0 saturated heterocycles. The number of halogens is 2. The molecule has 148 valence electrons. The average molecular weight is 431 g/mol. The lowest BCUT2D eigenvalue weighted by Gasteiger charge is -2.33. The maximum absolute atomic E-state index is 12.8. The number of nitrogens with one attached hydrogen (secondary N) is 2. The summed E-state index contributed by atoms with van der Waals surface area (Å²) in [5.41, 5.74) is -0.325. The van der Waals surface area contributed by atoms with Gasteiger partial charge in [0.2, 0.25) is 0 Å². The van der Waals surface area contributed by atoms with Gasteiger partial charge in [0.15, 0.2) is 5.82 Å². The fraction of sp³-hybridized carbons (Fsp3) is 0.150. The number of hydrogen-bond donors (Lipinski definition) is 2. The summed E-state index contributed by atoms with van der Waals surface area (Å²) in [6.07, 6.45) is 1.73. The van der Waals surface area contributed by atoms with Gasteiger partial charge in [0.05, 0.1) is 12.2 Å². The summed E-state index contributed by atoms with van der Waals surface area (Å²) in [7, 11) is 0. The predicted octanol–water partition coefficient (Wildman–Crippen LogP) is 3.97. The van der Waals surface area contributed by atoms with E-state index in [2.05, 4.69) is 15.7 Å². The Labute approximate surface area is 176 Å². The molecule has 4 rings (SSSR count). The number of fused-ring (bicyclic) bond motifs is 1. The standard InChI is InChI=1S/C20H16Cl2N4O3/c1-20(18(27)23-15-10-14(22)6-7-16(15)29-20)19(28)24-17-8-9-26(25-17)11-12-2-4-13(21)5-3-12/h2-10H,11H2,1H3,(H,23,27)(H,24,25,28). The van der Waals surface area contributed by atoms with E-state index in [0.717, 1.165) is 5.56 Å². The van der Waals surface area contributed by atoms with Gasteiger partial charge in [-0.15, -0.1) is 0 Å². The van der Waals surface area contributed by atoms with E-state index in [1.807, 2.05) is 12.1 Å². The van der Waals surface area contributed by atoms with Crippen molar-refractivity contribution in [1.82, 2.24) is 9.78 Å². The van der Waals surface area contributed by atoms with Gasteiger partial charge in [0.25, 0.3) is 17.4 Å². The van der Waals surface area contributed by atoms with Gasteiger partial charge in [-0.1, -0.05) is 35.3 Å². The summed E-state index contributed by atoms with van der Waals surface area (Å²) >= 11 is 11.8. The Balaban J connectivity index is 1.47. The maximum atomic E-state index is 12.8. The molecule has 0 spiro atoms. The first kappa shape index (κ1) is 19.3. The molecule has 29 heavy (non-hydrogen) atoms. The summed E-state index contributed by atoms with van der Waals surface area (Å²) in [6, 6.07) is 13.8. The average Bonchev–Trinajstić information content (AvgIpc) is 3.11. The predicted molar refractivity (Wildman–Crippen MR) is 111 cm³/mol. The van der Waals surface area contributed by atoms with Crippen LogP contribution in [0.15, 0.2) is 54.7 Å². The molecule has 2 heterocycles. The second-order valence-electron chi connectivity index (χ2n) is 6.71. The first-order valence-corrected chi connectivity index (χ1v) is 9.48. The molecule has 2 amide bonds. The fourth-order valence-electron chi connectivity index (χ4n) is 2.88. The van der Waals surface area contributed by atoms with Crippen LogP contribution in [0.4, 0.5) is 11.5 Å². The van der Waals surface area contributed by atoms with Crippen LogP contribution in [0.5, 0.6) is 5.75 Å². The number of carbonyl (C=O) groups is 2. The summed E-state index contributed by atoms with van der Waals surface area (Å²) in [5.74, 6) is -0.555. The quantitative estimate of drug-likeness (QED) is 0.613. The number of rotatable bonds is 4. The molecule has 7 nitrogen and oxygen atoms in total. The van der Waals surface area contributed by atoms with Crippen molar-refractivity contribution in [1.29, 1.82) is 0 Å². The van der Waals surface area contributed by atoms with Crippen molar-refractivity contribution in [2.24, 2.45) is 0 Å². The minimum absolute atomic E-state index is 0.309. The molecule has 1 unspecified atom stereocenters. The molecule has 0 aliphatic carbocycles. The van der Waals surface area contributed by atoms with Crippen molar-refractivity contribution in [2.45, 2.75) is 19.1 Å². The number of nitrogens with zero attached hydrogens (tertiary/aromatic N) is 2. The molecule has 9 heteroatoms. The summed E-state index contributed by atoms with van der Waals surface area (Å²) in [5, 5.41) is 10.7. The van der Waals surface area contributed by atoms with Gasteiger partial charge in [-0.05, 0) is 42.8 Å². The van der Waals surface area contributed by atoms with Crippen LogP contribution in [0.2, 0.25) is 10.0 Å². The Morgan fingerprint density at radius 2 is 1.90 bits per heavy atom. The van der Waals surface area contributed by atoms with Gasteiger partial charge in [-0.25, -0.2) is 0 Å². The van der Waals surface area contributed by atoms with Crippen LogP contribution in [0.3, 0.4) is 0 Å². The van der Waals surface area contributed by atoms with Crippen molar-refractivity contribution < 1.29 is 14.3 Å². The molecule has 2 N–H and O–H groups in total. The van der Waals surface area contributed by atoms with Crippen LogP contribution in [-0.4, -0.2) is 27.2 Å². The van der Waals surface area contributed by atoms with E-state index in [9.17, 15) is 9.59 Å². The Morgan fingerprint density at radius 1 is 1.17 bits per heavy atom. The molecule has 0 fully saturated rings. The van der Waals surface area contributed by atoms with Crippen molar-refractivity contribution >= 4 is 46.5 Å². The highest BCUT2D eigenvalue weighted by Gasteiger charge is 2.47. The molecule has 2 aromatic carbocycles. The molecule has 0 radical (unpaired) electrons. The Hall–Kier alpha value is -3.03. The zero-order chi connectivity index (χ0) is 20.6. The fourth-order valence-corrected chi connectivity index (χ4v) is 3.17. The zero-order valence-corrected chi connectivity index (χ0v) is 16.8. The van der Waals surface area contributed by atoms with Crippen LogP contribution in [0, 0.1) is 0 Å². The maximum Gasteiger partial charge on any atom is 0.279 e. The van der Waals surface area contributed by atoms with E-state index in [1.165, 1.54) is 6.92 Å². The van der Waals surface area contributed by atoms with E-state index in [-0.39, 0.29) is 0 Å². The molecular weight excluding hydrogens is 415 g/mol. The highest BCUT2D eigenvalue weighted by atomic mass is 35.5. The molecule has 0 bridgehead atoms. The van der Waals surface area contributed by atoms with E-state index in [0.29, 0.717) is 33.8 Å². The largest absolute Gasteiger partial charge is 0.466 e.